The largest absolute Gasteiger partial charge is 0.493 e. The highest BCUT2D eigenvalue weighted by molar-refractivity contribution is 7.09. The number of anilines is 1. The number of ether oxygens (including phenoxy) is 2. The van der Waals surface area contributed by atoms with Crippen molar-refractivity contribution < 1.29 is 14.3 Å². The SMILES string of the molecule is CCN(CC)CCOc1cc(NC(=O)c2csc(CN)n2)ccc1OC.Cl.Cl. The first kappa shape index (κ1) is 26.4. The molecule has 0 atom stereocenters. The summed E-state index contributed by atoms with van der Waals surface area (Å²) in [6.45, 7) is 7.89. The molecule has 1 aromatic carbocycles. The fraction of sp³-hybridized carbons (Fsp3) is 0.444. The fourth-order valence-electron chi connectivity index (χ4n) is 2.40. The molecule has 28 heavy (non-hydrogen) atoms. The average Bonchev–Trinajstić information content (AvgIpc) is 3.15. The fourth-order valence-corrected chi connectivity index (χ4v) is 3.05. The van der Waals surface area contributed by atoms with Gasteiger partial charge < -0.3 is 25.4 Å². The number of rotatable bonds is 10. The minimum absolute atomic E-state index is 0. The molecule has 1 heterocycles. The van der Waals surface area contributed by atoms with Gasteiger partial charge in [-0.25, -0.2) is 4.98 Å². The maximum Gasteiger partial charge on any atom is 0.275 e. The van der Waals surface area contributed by atoms with E-state index in [1.54, 1.807) is 30.7 Å². The molecule has 7 nitrogen and oxygen atoms in total. The number of benzene rings is 1. The number of amides is 1. The summed E-state index contributed by atoms with van der Waals surface area (Å²) in [6, 6.07) is 5.30. The van der Waals surface area contributed by atoms with Crippen molar-refractivity contribution in [1.82, 2.24) is 9.88 Å². The first-order valence-electron chi connectivity index (χ1n) is 8.60. The molecule has 2 rings (SSSR count). The highest BCUT2D eigenvalue weighted by atomic mass is 35.5. The number of carbonyl (C=O) groups excluding carboxylic acids is 1. The van der Waals surface area contributed by atoms with Crippen molar-refractivity contribution in [2.24, 2.45) is 5.73 Å². The van der Waals surface area contributed by atoms with Crippen LogP contribution in [0.5, 0.6) is 11.5 Å². The number of nitrogens with two attached hydrogens (primary N) is 1. The van der Waals surface area contributed by atoms with Crippen LogP contribution in [0.2, 0.25) is 0 Å². The van der Waals surface area contributed by atoms with Crippen LogP contribution in [-0.4, -0.2) is 49.1 Å². The molecule has 0 fully saturated rings. The molecule has 10 heteroatoms. The molecule has 0 unspecified atom stereocenters. The van der Waals surface area contributed by atoms with Crippen LogP contribution in [-0.2, 0) is 6.54 Å². The van der Waals surface area contributed by atoms with Crippen molar-refractivity contribution in [3.63, 3.8) is 0 Å². The zero-order valence-corrected chi connectivity index (χ0v) is 18.7. The maximum absolute atomic E-state index is 12.3. The molecule has 2 aromatic rings. The summed E-state index contributed by atoms with van der Waals surface area (Å²) in [5, 5.41) is 5.25. The molecule has 0 aliphatic rings. The lowest BCUT2D eigenvalue weighted by Crippen LogP contribution is -2.28. The number of thiazole rings is 1. The molecule has 0 saturated carbocycles. The number of likely N-dealkylation sites (N-methyl/N-ethyl adjacent to an activating group) is 1. The van der Waals surface area contributed by atoms with Gasteiger partial charge in [-0.15, -0.1) is 36.2 Å². The Kier molecular flexibility index (Phi) is 12.8. The van der Waals surface area contributed by atoms with E-state index in [0.717, 1.165) is 24.6 Å². The Morgan fingerprint density at radius 2 is 1.96 bits per heavy atom. The second-order valence-electron chi connectivity index (χ2n) is 5.53. The van der Waals surface area contributed by atoms with Crippen LogP contribution < -0.4 is 20.5 Å². The number of aromatic nitrogens is 1. The molecule has 0 spiro atoms. The van der Waals surface area contributed by atoms with Crippen molar-refractivity contribution in [2.45, 2.75) is 20.4 Å². The van der Waals surface area contributed by atoms with Crippen molar-refractivity contribution >= 4 is 47.7 Å². The summed E-state index contributed by atoms with van der Waals surface area (Å²) >= 11 is 1.37. The Hall–Kier alpha value is -1.58. The van der Waals surface area contributed by atoms with E-state index in [4.69, 9.17) is 15.2 Å². The Bertz CT molecular complexity index is 727. The van der Waals surface area contributed by atoms with Gasteiger partial charge in [-0.1, -0.05) is 13.8 Å². The van der Waals surface area contributed by atoms with Gasteiger partial charge in [0.1, 0.15) is 17.3 Å². The second-order valence-corrected chi connectivity index (χ2v) is 6.47. The minimum Gasteiger partial charge on any atom is -0.493 e. The van der Waals surface area contributed by atoms with E-state index >= 15 is 0 Å². The Morgan fingerprint density at radius 3 is 2.54 bits per heavy atom. The predicted molar refractivity (Wildman–Crippen MR) is 119 cm³/mol. The van der Waals surface area contributed by atoms with Gasteiger partial charge >= 0.3 is 0 Å². The summed E-state index contributed by atoms with van der Waals surface area (Å²) in [7, 11) is 1.59. The van der Waals surface area contributed by atoms with Gasteiger partial charge in [-0.05, 0) is 25.2 Å². The van der Waals surface area contributed by atoms with Crippen LogP contribution in [0.4, 0.5) is 5.69 Å². The molecule has 3 N–H and O–H groups in total. The van der Waals surface area contributed by atoms with E-state index in [9.17, 15) is 4.79 Å². The normalized spacial score (nSPS) is 10.0. The standard InChI is InChI=1S/C18H26N4O3S.2ClH/c1-4-22(5-2)8-9-25-16-10-13(6-7-15(16)24-3)20-18(23)14-12-26-17(11-19)21-14;;/h6-7,10,12H,4-5,8-9,11,19H2,1-3H3,(H,20,23);2*1H. The summed E-state index contributed by atoms with van der Waals surface area (Å²) < 4.78 is 11.2. The molecule has 1 aromatic heterocycles. The van der Waals surface area contributed by atoms with Crippen LogP contribution in [0, 0.1) is 0 Å². The van der Waals surface area contributed by atoms with Crippen LogP contribution >= 0.6 is 36.2 Å². The number of hydrogen-bond donors (Lipinski definition) is 2. The van der Waals surface area contributed by atoms with Gasteiger partial charge in [0, 0.05) is 30.2 Å². The first-order chi connectivity index (χ1) is 12.6. The number of nitrogens with zero attached hydrogens (tertiary/aromatic N) is 2. The smallest absolute Gasteiger partial charge is 0.275 e. The van der Waals surface area contributed by atoms with Crippen molar-refractivity contribution in [3.05, 3.63) is 34.3 Å². The van der Waals surface area contributed by atoms with E-state index in [1.165, 1.54) is 11.3 Å². The molecule has 1 amide bonds. The lowest BCUT2D eigenvalue weighted by Gasteiger charge is -2.19. The summed E-state index contributed by atoms with van der Waals surface area (Å²) in [4.78, 5) is 18.8. The van der Waals surface area contributed by atoms with Gasteiger partial charge in [-0.2, -0.15) is 0 Å². The van der Waals surface area contributed by atoms with E-state index in [-0.39, 0.29) is 30.7 Å². The highest BCUT2D eigenvalue weighted by Crippen LogP contribution is 2.30. The van der Waals surface area contributed by atoms with E-state index < -0.39 is 0 Å². The molecule has 0 aliphatic carbocycles. The Morgan fingerprint density at radius 1 is 1.25 bits per heavy atom. The summed E-state index contributed by atoms with van der Waals surface area (Å²) in [5.41, 5.74) is 6.52. The first-order valence-corrected chi connectivity index (χ1v) is 9.48. The quantitative estimate of drug-likeness (QED) is 0.576. The second kappa shape index (κ2) is 13.6. The third kappa shape index (κ3) is 7.44. The molecule has 0 aliphatic heterocycles. The van der Waals surface area contributed by atoms with Crippen LogP contribution in [0.15, 0.2) is 23.6 Å². The number of methoxy groups -OCH3 is 1. The maximum atomic E-state index is 12.3. The zero-order chi connectivity index (χ0) is 18.9. The molecule has 0 radical (unpaired) electrons. The van der Waals surface area contributed by atoms with E-state index in [1.807, 2.05) is 0 Å². The topological polar surface area (TPSA) is 89.7 Å². The van der Waals surface area contributed by atoms with Crippen molar-refractivity contribution in [3.8, 4) is 11.5 Å². The predicted octanol–water partition coefficient (Wildman–Crippen LogP) is 3.43. The van der Waals surface area contributed by atoms with Gasteiger partial charge in [0.05, 0.1) is 7.11 Å². The van der Waals surface area contributed by atoms with Crippen LogP contribution in [0.25, 0.3) is 0 Å². The lowest BCUT2D eigenvalue weighted by atomic mass is 10.2. The van der Waals surface area contributed by atoms with Crippen LogP contribution in [0.1, 0.15) is 29.3 Å². The third-order valence-corrected chi connectivity index (χ3v) is 4.81. The van der Waals surface area contributed by atoms with Crippen molar-refractivity contribution in [2.75, 3.05) is 38.7 Å². The summed E-state index contributed by atoms with van der Waals surface area (Å²) in [5.74, 6) is 0.945. The lowest BCUT2D eigenvalue weighted by molar-refractivity contribution is 0.102. The molecular formula is C18H28Cl2N4O3S. The molecule has 0 saturated heterocycles. The Balaban J connectivity index is 0.00000364. The number of halogens is 2. The molecule has 0 bridgehead atoms. The van der Waals surface area contributed by atoms with E-state index in [2.05, 4.69) is 29.0 Å². The highest BCUT2D eigenvalue weighted by Gasteiger charge is 2.13. The van der Waals surface area contributed by atoms with E-state index in [0.29, 0.717) is 36.0 Å². The van der Waals surface area contributed by atoms with Crippen molar-refractivity contribution in [1.29, 1.82) is 0 Å². The molecular weight excluding hydrogens is 423 g/mol. The average molecular weight is 451 g/mol. The van der Waals surface area contributed by atoms with Gasteiger partial charge in [0.2, 0.25) is 0 Å². The minimum atomic E-state index is -0.278. The van der Waals surface area contributed by atoms with Gasteiger partial charge in [-0.3, -0.25) is 4.79 Å². The zero-order valence-electron chi connectivity index (χ0n) is 16.3. The summed E-state index contributed by atoms with van der Waals surface area (Å²) in [6.07, 6.45) is 0. The van der Waals surface area contributed by atoms with Crippen LogP contribution in [0.3, 0.4) is 0 Å². The third-order valence-electron chi connectivity index (χ3n) is 3.94. The van der Waals surface area contributed by atoms with Gasteiger partial charge in [0.15, 0.2) is 11.5 Å². The number of nitrogens with one attached hydrogen (secondary N) is 1. The molecule has 158 valence electrons. The number of hydrogen-bond acceptors (Lipinski definition) is 7. The monoisotopic (exact) mass is 450 g/mol. The number of carbonyl (C=O) groups is 1. The van der Waals surface area contributed by atoms with Gasteiger partial charge in [0.25, 0.3) is 5.91 Å². The Labute approximate surface area is 182 Å².